The zero-order valence-electron chi connectivity index (χ0n) is 39.0. The normalized spacial score (nSPS) is 18.4. The van der Waals surface area contributed by atoms with Gasteiger partial charge in [0.05, 0.1) is 56.0 Å². The number of benzene rings is 4. The lowest BCUT2D eigenvalue weighted by molar-refractivity contribution is -0.384. The standard InChI is InChI=1S/C49H52N7O12P/c1-30(2)55(31(3)4)69(66-27-11-25-50)68-44-41(29-65-49(33-12-9-8-10-13-33,34-14-19-37(63-6)20-15-34)35-16-21-38(64-7)22-17-35)67-47(53-26-24-42(51-32(5)57)52-48(53)60)43(44)54-45(58)39-23-18-36(56(61)62)28-40(39)46(54)59/h8-10,12-24,26,28,30-31,41,43-44,47H,11,27,29H2,1-7H3,(H,51,52,57,60)/t41-,43-,44-,47-,69?/m1/s1. The van der Waals surface area contributed by atoms with E-state index in [-0.39, 0.29) is 48.7 Å². The van der Waals surface area contributed by atoms with Crippen molar-refractivity contribution in [1.29, 1.82) is 5.26 Å². The second-order valence-corrected chi connectivity index (χ2v) is 18.0. The predicted molar refractivity (Wildman–Crippen MR) is 252 cm³/mol. The molecule has 0 spiro atoms. The Morgan fingerprint density at radius 1 is 0.899 bits per heavy atom. The molecule has 1 saturated heterocycles. The van der Waals surface area contributed by atoms with E-state index in [1.807, 2.05) is 87.0 Å². The number of hydrogen-bond donors (Lipinski definition) is 1. The summed E-state index contributed by atoms with van der Waals surface area (Å²) in [6, 6.07) is 29.1. The molecule has 1 aromatic heterocycles. The third kappa shape index (κ3) is 10.3. The van der Waals surface area contributed by atoms with E-state index in [4.69, 9.17) is 28.0 Å². The molecule has 20 heteroatoms. The molecular formula is C49H52N7O12P. The summed E-state index contributed by atoms with van der Waals surface area (Å²) in [4.78, 5) is 71.9. The molecule has 1 fully saturated rings. The number of anilines is 1. The summed E-state index contributed by atoms with van der Waals surface area (Å²) in [5.41, 5.74) is -1.06. The highest BCUT2D eigenvalue weighted by molar-refractivity contribution is 7.44. The minimum Gasteiger partial charge on any atom is -0.497 e. The molecular weight excluding hydrogens is 910 g/mol. The molecule has 0 aliphatic carbocycles. The molecule has 1 unspecified atom stereocenters. The Kier molecular flexibility index (Phi) is 15.6. The van der Waals surface area contributed by atoms with Crippen molar-refractivity contribution in [2.24, 2.45) is 0 Å². The van der Waals surface area contributed by atoms with Crippen molar-refractivity contribution in [2.75, 3.05) is 32.8 Å². The molecule has 1 N–H and O–H groups in total. The Morgan fingerprint density at radius 2 is 1.49 bits per heavy atom. The number of carbonyl (C=O) groups excluding carboxylic acids is 3. The van der Waals surface area contributed by atoms with E-state index in [0.717, 1.165) is 21.6 Å². The molecule has 0 bridgehead atoms. The molecule has 69 heavy (non-hydrogen) atoms. The number of nitriles is 1. The van der Waals surface area contributed by atoms with Gasteiger partial charge in [-0.25, -0.2) is 9.46 Å². The number of nitro groups is 1. The van der Waals surface area contributed by atoms with Crippen LogP contribution in [0.5, 0.6) is 11.5 Å². The van der Waals surface area contributed by atoms with Crippen LogP contribution in [0.25, 0.3) is 0 Å². The van der Waals surface area contributed by atoms with Gasteiger partial charge in [-0.2, -0.15) is 10.2 Å². The second kappa shape index (κ2) is 21.6. The van der Waals surface area contributed by atoms with Crippen LogP contribution in [0.3, 0.4) is 0 Å². The van der Waals surface area contributed by atoms with E-state index in [0.29, 0.717) is 28.2 Å². The van der Waals surface area contributed by atoms with E-state index >= 15 is 0 Å². The zero-order chi connectivity index (χ0) is 49.6. The number of rotatable bonds is 20. The summed E-state index contributed by atoms with van der Waals surface area (Å²) < 4.78 is 41.9. The molecule has 4 aromatic carbocycles. The molecule has 7 rings (SSSR count). The average Bonchev–Trinajstić information content (AvgIpc) is 3.80. The van der Waals surface area contributed by atoms with E-state index in [9.17, 15) is 34.6 Å². The third-order valence-corrected chi connectivity index (χ3v) is 13.8. The molecule has 2 aliphatic rings. The van der Waals surface area contributed by atoms with Crippen LogP contribution in [0.15, 0.2) is 114 Å². The molecule has 0 radical (unpaired) electrons. The molecule has 5 aromatic rings. The summed E-state index contributed by atoms with van der Waals surface area (Å²) in [6.45, 7) is 8.63. The molecule has 5 atom stereocenters. The Bertz CT molecular complexity index is 2710. The number of ether oxygens (including phenoxy) is 4. The SMILES string of the molecule is COc1ccc(C(OC[C@H]2O[C@@H](n3ccc(NC(C)=O)nc3=O)[C@H](N3C(=O)c4ccc([N+](=O)[O-])cc4C3=O)[C@@H]2OP(OCCC#N)N(C(C)C)C(C)C)(c2ccccc2)c2ccc(OC)cc2)cc1. The maximum absolute atomic E-state index is 14.8. The van der Waals surface area contributed by atoms with Crippen LogP contribution in [0.4, 0.5) is 11.5 Å². The van der Waals surface area contributed by atoms with Gasteiger partial charge in [0, 0.05) is 37.3 Å². The fraction of sp³-hybridized carbons (Fsp3) is 0.347. The van der Waals surface area contributed by atoms with Crippen molar-refractivity contribution in [3.63, 3.8) is 0 Å². The van der Waals surface area contributed by atoms with E-state index < -0.39 is 72.6 Å². The zero-order valence-corrected chi connectivity index (χ0v) is 39.9. The third-order valence-electron chi connectivity index (χ3n) is 11.6. The number of carbonyl (C=O) groups is 3. The van der Waals surface area contributed by atoms with Gasteiger partial charge in [0.15, 0.2) is 6.23 Å². The smallest absolute Gasteiger partial charge is 0.351 e. The Hall–Kier alpha value is -6.91. The van der Waals surface area contributed by atoms with Crippen molar-refractivity contribution in [3.8, 4) is 17.6 Å². The van der Waals surface area contributed by atoms with E-state index in [1.165, 1.54) is 25.3 Å². The van der Waals surface area contributed by atoms with Crippen LogP contribution in [0.1, 0.15) is 84.7 Å². The number of amides is 3. The Labute approximate surface area is 399 Å². The topological polar surface area (TPSA) is 227 Å². The van der Waals surface area contributed by atoms with Gasteiger partial charge >= 0.3 is 5.69 Å². The number of aromatic nitrogens is 2. The monoisotopic (exact) mass is 961 g/mol. The lowest BCUT2D eigenvalue weighted by Gasteiger charge is -2.40. The minimum absolute atomic E-state index is 0.00813. The van der Waals surface area contributed by atoms with Crippen LogP contribution >= 0.6 is 8.53 Å². The molecule has 3 amide bonds. The van der Waals surface area contributed by atoms with Gasteiger partial charge in [0.1, 0.15) is 41.2 Å². The van der Waals surface area contributed by atoms with Gasteiger partial charge in [0.25, 0.3) is 26.0 Å². The Morgan fingerprint density at radius 3 is 2.03 bits per heavy atom. The molecule has 2 aliphatic heterocycles. The van der Waals surface area contributed by atoms with E-state index in [1.54, 1.807) is 38.5 Å². The van der Waals surface area contributed by atoms with Crippen molar-refractivity contribution in [1.82, 2.24) is 19.1 Å². The highest BCUT2D eigenvalue weighted by atomic mass is 31.2. The van der Waals surface area contributed by atoms with Crippen LogP contribution < -0.4 is 20.5 Å². The van der Waals surface area contributed by atoms with Gasteiger partial charge < -0.3 is 33.3 Å². The number of hydrogen-bond acceptors (Lipinski definition) is 15. The van der Waals surface area contributed by atoms with Crippen LogP contribution in [0, 0.1) is 21.4 Å². The first kappa shape index (κ1) is 50.0. The fourth-order valence-corrected chi connectivity index (χ4v) is 10.4. The number of fused-ring (bicyclic) bond motifs is 1. The van der Waals surface area contributed by atoms with Gasteiger partial charge in [-0.15, -0.1) is 0 Å². The first-order valence-electron chi connectivity index (χ1n) is 22.1. The first-order valence-corrected chi connectivity index (χ1v) is 23.2. The molecule has 360 valence electrons. The molecule has 0 saturated carbocycles. The van der Waals surface area contributed by atoms with Gasteiger partial charge in [-0.1, -0.05) is 54.6 Å². The predicted octanol–water partition coefficient (Wildman–Crippen LogP) is 7.36. The highest BCUT2D eigenvalue weighted by Gasteiger charge is 2.57. The van der Waals surface area contributed by atoms with Crippen molar-refractivity contribution >= 4 is 37.8 Å². The summed E-state index contributed by atoms with van der Waals surface area (Å²) in [5.74, 6) is -1.10. The summed E-state index contributed by atoms with van der Waals surface area (Å²) in [5, 5.41) is 24.0. The number of nitrogens with zero attached hydrogens (tertiary/aromatic N) is 6. The number of nitro benzene ring substituents is 1. The quantitative estimate of drug-likeness (QED) is 0.0201. The van der Waals surface area contributed by atoms with Crippen molar-refractivity contribution in [2.45, 2.75) is 83.2 Å². The maximum Gasteiger partial charge on any atom is 0.351 e. The Balaban J connectivity index is 1.45. The summed E-state index contributed by atoms with van der Waals surface area (Å²) in [7, 11) is 0.967. The molecule has 3 heterocycles. The minimum atomic E-state index is -2.16. The fourth-order valence-electron chi connectivity index (χ4n) is 8.66. The lowest BCUT2D eigenvalue weighted by Crippen LogP contribution is -2.52. The largest absolute Gasteiger partial charge is 0.497 e. The second-order valence-electron chi connectivity index (χ2n) is 16.6. The summed E-state index contributed by atoms with van der Waals surface area (Å²) >= 11 is 0. The van der Waals surface area contributed by atoms with Crippen LogP contribution in [-0.2, 0) is 28.9 Å². The van der Waals surface area contributed by atoms with Gasteiger partial charge in [-0.05, 0) is 80.8 Å². The van der Waals surface area contributed by atoms with Crippen LogP contribution in [-0.4, -0.2) is 99.5 Å². The number of imide groups is 1. The van der Waals surface area contributed by atoms with Crippen molar-refractivity contribution < 1.29 is 47.3 Å². The number of methoxy groups -OCH3 is 2. The number of non-ortho nitro benzene ring substituents is 1. The van der Waals surface area contributed by atoms with Crippen molar-refractivity contribution in [3.05, 3.63) is 158 Å². The van der Waals surface area contributed by atoms with Gasteiger partial charge in [-0.3, -0.25) is 34.0 Å². The maximum atomic E-state index is 14.8. The van der Waals surface area contributed by atoms with Crippen LogP contribution in [0.2, 0.25) is 0 Å². The van der Waals surface area contributed by atoms with E-state index in [2.05, 4.69) is 16.4 Å². The average molecular weight is 962 g/mol. The highest BCUT2D eigenvalue weighted by Crippen LogP contribution is 2.52. The first-order chi connectivity index (χ1) is 33.1. The summed E-state index contributed by atoms with van der Waals surface area (Å²) in [6.07, 6.45) is -2.84. The molecule has 19 nitrogen and oxygen atoms in total. The number of nitrogens with one attached hydrogen (secondary N) is 1. The van der Waals surface area contributed by atoms with Gasteiger partial charge in [0.2, 0.25) is 5.91 Å². The lowest BCUT2D eigenvalue weighted by atomic mass is 9.80.